The lowest BCUT2D eigenvalue weighted by Gasteiger charge is -2.29. The molecule has 0 bridgehead atoms. The summed E-state index contributed by atoms with van der Waals surface area (Å²) in [7, 11) is 2.10. The van der Waals surface area contributed by atoms with Crippen molar-refractivity contribution in [2.45, 2.75) is 25.9 Å². The molecule has 94 valence electrons. The molecular weight excluding hydrogens is 210 g/mol. The predicted molar refractivity (Wildman–Crippen MR) is 70.8 cm³/mol. The molecule has 1 aromatic carbocycles. The largest absolute Gasteiger partial charge is 0.384 e. The van der Waals surface area contributed by atoms with Crippen LogP contribution in [0, 0.1) is 11.8 Å². The van der Waals surface area contributed by atoms with E-state index in [4.69, 9.17) is 0 Å². The number of hydrogen-bond acceptors (Lipinski definition) is 2. The average molecular weight is 233 g/mol. The van der Waals surface area contributed by atoms with Gasteiger partial charge in [-0.1, -0.05) is 37.3 Å². The normalized spacial score (nSPS) is 26.9. The van der Waals surface area contributed by atoms with Crippen molar-refractivity contribution in [1.29, 1.82) is 0 Å². The first-order chi connectivity index (χ1) is 7.99. The highest BCUT2D eigenvalue weighted by Crippen LogP contribution is 2.38. The van der Waals surface area contributed by atoms with Gasteiger partial charge in [0.25, 0.3) is 0 Å². The van der Waals surface area contributed by atoms with Crippen molar-refractivity contribution in [1.82, 2.24) is 4.90 Å². The molecule has 0 aromatic heterocycles. The molecule has 0 amide bonds. The number of likely N-dealkylation sites (N-methyl/N-ethyl adjacent to an activating group) is 1. The summed E-state index contributed by atoms with van der Waals surface area (Å²) in [6, 6.07) is 9.93. The van der Waals surface area contributed by atoms with E-state index in [0.717, 1.165) is 23.9 Å². The zero-order valence-electron chi connectivity index (χ0n) is 11.1. The quantitative estimate of drug-likeness (QED) is 0.844. The van der Waals surface area contributed by atoms with Gasteiger partial charge in [0.1, 0.15) is 0 Å². The highest BCUT2D eigenvalue weighted by atomic mass is 16.3. The molecule has 0 heterocycles. The van der Waals surface area contributed by atoms with Gasteiger partial charge in [0.2, 0.25) is 0 Å². The topological polar surface area (TPSA) is 23.5 Å². The number of hydrogen-bond donors (Lipinski definition) is 1. The van der Waals surface area contributed by atoms with E-state index in [9.17, 15) is 5.11 Å². The van der Waals surface area contributed by atoms with Gasteiger partial charge in [-0.15, -0.1) is 0 Å². The van der Waals surface area contributed by atoms with Crippen molar-refractivity contribution in [3.63, 3.8) is 0 Å². The summed E-state index contributed by atoms with van der Waals surface area (Å²) in [5.74, 6) is 1.71. The Morgan fingerprint density at radius 1 is 1.35 bits per heavy atom. The lowest BCUT2D eigenvalue weighted by Crippen LogP contribution is -2.37. The van der Waals surface area contributed by atoms with Crippen LogP contribution in [0.5, 0.6) is 0 Å². The molecule has 0 aliphatic heterocycles. The summed E-state index contributed by atoms with van der Waals surface area (Å²) < 4.78 is 0. The second-order valence-electron chi connectivity index (χ2n) is 5.81. The summed E-state index contributed by atoms with van der Waals surface area (Å²) in [6.45, 7) is 5.99. The standard InChI is InChI=1S/C15H23NO/c1-12-9-13(12)10-16(3)11-15(2,17)14-7-5-4-6-8-14/h4-8,12-13,17H,9-11H2,1-3H3. The van der Waals surface area contributed by atoms with Crippen molar-refractivity contribution in [3.8, 4) is 0 Å². The molecule has 3 atom stereocenters. The van der Waals surface area contributed by atoms with E-state index in [1.165, 1.54) is 6.42 Å². The van der Waals surface area contributed by atoms with Gasteiger partial charge in [-0.2, -0.15) is 0 Å². The SMILES string of the molecule is CC1CC1CN(C)CC(C)(O)c1ccccc1. The van der Waals surface area contributed by atoms with Crippen LogP contribution < -0.4 is 0 Å². The van der Waals surface area contributed by atoms with Gasteiger partial charge >= 0.3 is 0 Å². The zero-order chi connectivity index (χ0) is 12.5. The van der Waals surface area contributed by atoms with Crippen LogP contribution in [0.2, 0.25) is 0 Å². The van der Waals surface area contributed by atoms with Crippen LogP contribution in [-0.2, 0) is 5.60 Å². The van der Waals surface area contributed by atoms with Gasteiger partial charge in [-0.25, -0.2) is 0 Å². The second-order valence-corrected chi connectivity index (χ2v) is 5.81. The number of rotatable bonds is 5. The highest BCUT2D eigenvalue weighted by molar-refractivity contribution is 5.21. The predicted octanol–water partition coefficient (Wildman–Crippen LogP) is 2.48. The summed E-state index contributed by atoms with van der Waals surface area (Å²) >= 11 is 0. The molecule has 0 radical (unpaired) electrons. The maximum Gasteiger partial charge on any atom is 0.0994 e. The van der Waals surface area contributed by atoms with Gasteiger partial charge in [0.15, 0.2) is 0 Å². The Hall–Kier alpha value is -0.860. The Morgan fingerprint density at radius 3 is 2.47 bits per heavy atom. The molecule has 2 nitrogen and oxygen atoms in total. The fourth-order valence-corrected chi connectivity index (χ4v) is 2.53. The Balaban J connectivity index is 1.92. The van der Waals surface area contributed by atoms with Gasteiger partial charge in [-0.3, -0.25) is 0 Å². The molecule has 1 aliphatic carbocycles. The molecule has 1 fully saturated rings. The van der Waals surface area contributed by atoms with Crippen LogP contribution >= 0.6 is 0 Å². The van der Waals surface area contributed by atoms with Gasteiger partial charge < -0.3 is 10.0 Å². The fraction of sp³-hybridized carbons (Fsp3) is 0.600. The van der Waals surface area contributed by atoms with E-state index in [2.05, 4.69) is 18.9 Å². The van der Waals surface area contributed by atoms with Crippen molar-refractivity contribution in [2.75, 3.05) is 20.1 Å². The van der Waals surface area contributed by atoms with Crippen LogP contribution in [0.4, 0.5) is 0 Å². The number of aliphatic hydroxyl groups is 1. The second kappa shape index (κ2) is 4.79. The summed E-state index contributed by atoms with van der Waals surface area (Å²) in [5.41, 5.74) is 0.240. The third-order valence-corrected chi connectivity index (χ3v) is 3.80. The molecule has 0 spiro atoms. The Kier molecular flexibility index (Phi) is 3.55. The minimum absolute atomic E-state index is 0.695. The smallest absolute Gasteiger partial charge is 0.0994 e. The van der Waals surface area contributed by atoms with Gasteiger partial charge in [0.05, 0.1) is 5.60 Å². The number of benzene rings is 1. The first-order valence-corrected chi connectivity index (χ1v) is 6.45. The van der Waals surface area contributed by atoms with Crippen LogP contribution in [-0.4, -0.2) is 30.1 Å². The third-order valence-electron chi connectivity index (χ3n) is 3.80. The molecule has 1 aliphatic rings. The van der Waals surface area contributed by atoms with Crippen molar-refractivity contribution >= 4 is 0 Å². The van der Waals surface area contributed by atoms with Gasteiger partial charge in [-0.05, 0) is 37.8 Å². The zero-order valence-corrected chi connectivity index (χ0v) is 11.1. The summed E-state index contributed by atoms with van der Waals surface area (Å²) in [4.78, 5) is 2.25. The van der Waals surface area contributed by atoms with Crippen molar-refractivity contribution in [2.24, 2.45) is 11.8 Å². The summed E-state index contributed by atoms with van der Waals surface area (Å²) in [5, 5.41) is 10.5. The van der Waals surface area contributed by atoms with Crippen LogP contribution in [0.15, 0.2) is 30.3 Å². The van der Waals surface area contributed by atoms with E-state index in [1.54, 1.807) is 0 Å². The minimum atomic E-state index is -0.756. The first-order valence-electron chi connectivity index (χ1n) is 6.45. The molecule has 1 aromatic rings. The van der Waals surface area contributed by atoms with Gasteiger partial charge in [0, 0.05) is 13.1 Å². The molecule has 17 heavy (non-hydrogen) atoms. The molecule has 1 saturated carbocycles. The van der Waals surface area contributed by atoms with Crippen LogP contribution in [0.3, 0.4) is 0 Å². The molecule has 3 unspecified atom stereocenters. The van der Waals surface area contributed by atoms with E-state index in [-0.39, 0.29) is 0 Å². The fourth-order valence-electron chi connectivity index (χ4n) is 2.53. The minimum Gasteiger partial charge on any atom is -0.384 e. The van der Waals surface area contributed by atoms with E-state index in [0.29, 0.717) is 6.54 Å². The average Bonchev–Trinajstić information content (AvgIpc) is 2.94. The number of nitrogens with zero attached hydrogens (tertiary/aromatic N) is 1. The monoisotopic (exact) mass is 233 g/mol. The first kappa shape index (κ1) is 12.6. The lowest BCUT2D eigenvalue weighted by atomic mass is 9.95. The molecule has 0 saturated heterocycles. The molecular formula is C15H23NO. The summed E-state index contributed by atoms with van der Waals surface area (Å²) in [6.07, 6.45) is 1.35. The van der Waals surface area contributed by atoms with Crippen LogP contribution in [0.1, 0.15) is 25.8 Å². The molecule has 2 heteroatoms. The maximum atomic E-state index is 10.5. The molecule has 1 N–H and O–H groups in total. The lowest BCUT2D eigenvalue weighted by molar-refractivity contribution is 0.0220. The highest BCUT2D eigenvalue weighted by Gasteiger charge is 2.34. The maximum absolute atomic E-state index is 10.5. The van der Waals surface area contributed by atoms with E-state index in [1.807, 2.05) is 37.3 Å². The molecule has 2 rings (SSSR count). The Labute approximate surface area is 104 Å². The van der Waals surface area contributed by atoms with Crippen molar-refractivity contribution < 1.29 is 5.11 Å². The Bertz CT molecular complexity index is 360. The Morgan fingerprint density at radius 2 is 1.94 bits per heavy atom. The van der Waals surface area contributed by atoms with E-state index >= 15 is 0 Å². The van der Waals surface area contributed by atoms with Crippen molar-refractivity contribution in [3.05, 3.63) is 35.9 Å². The van der Waals surface area contributed by atoms with E-state index < -0.39 is 5.60 Å². The third kappa shape index (κ3) is 3.30. The van der Waals surface area contributed by atoms with Crippen LogP contribution in [0.25, 0.3) is 0 Å².